The van der Waals surface area contributed by atoms with Gasteiger partial charge in [0, 0.05) is 21.9 Å². The lowest BCUT2D eigenvalue weighted by atomic mass is 10.2. The molecule has 2 heterocycles. The Morgan fingerprint density at radius 2 is 1.87 bits per heavy atom. The number of hydrogen-bond donors (Lipinski definition) is 1. The predicted molar refractivity (Wildman–Crippen MR) is 120 cm³/mol. The van der Waals surface area contributed by atoms with Crippen LogP contribution in [-0.2, 0) is 6.61 Å². The number of carbonyl (C=O) groups excluding carboxylic acids is 1. The van der Waals surface area contributed by atoms with E-state index in [9.17, 15) is 4.79 Å². The molecule has 2 aromatic heterocycles. The number of rotatable bonds is 7. The summed E-state index contributed by atoms with van der Waals surface area (Å²) in [6.45, 7) is 2.32. The molecule has 1 amide bonds. The maximum Gasteiger partial charge on any atom is 0.257 e. The molecule has 0 radical (unpaired) electrons. The molecule has 2 aromatic carbocycles. The van der Waals surface area contributed by atoms with E-state index in [0.717, 1.165) is 27.7 Å². The third-order valence-electron chi connectivity index (χ3n) is 4.26. The Bertz CT molecular complexity index is 1150. The van der Waals surface area contributed by atoms with Gasteiger partial charge in [-0.25, -0.2) is 9.97 Å². The molecule has 4 aromatic rings. The highest BCUT2D eigenvalue weighted by Crippen LogP contribution is 2.27. The van der Waals surface area contributed by atoms with E-state index in [-0.39, 0.29) is 5.91 Å². The lowest BCUT2D eigenvalue weighted by molar-refractivity contribution is 0.102. The van der Waals surface area contributed by atoms with Gasteiger partial charge in [0.1, 0.15) is 18.1 Å². The molecule has 0 atom stereocenters. The predicted octanol–water partition coefficient (Wildman–Crippen LogP) is 5.41. The Kier molecular flexibility index (Phi) is 6.06. The smallest absolute Gasteiger partial charge is 0.257 e. The van der Waals surface area contributed by atoms with Crippen molar-refractivity contribution < 1.29 is 14.3 Å². The van der Waals surface area contributed by atoms with Crippen LogP contribution >= 0.6 is 22.7 Å². The Morgan fingerprint density at radius 1 is 1.03 bits per heavy atom. The van der Waals surface area contributed by atoms with Gasteiger partial charge < -0.3 is 9.47 Å². The van der Waals surface area contributed by atoms with E-state index >= 15 is 0 Å². The number of anilines is 1. The minimum Gasteiger partial charge on any atom is -0.497 e. The van der Waals surface area contributed by atoms with E-state index < -0.39 is 0 Å². The van der Waals surface area contributed by atoms with Crippen molar-refractivity contribution in [1.29, 1.82) is 0 Å². The van der Waals surface area contributed by atoms with Gasteiger partial charge in [0.15, 0.2) is 5.13 Å². The van der Waals surface area contributed by atoms with E-state index in [4.69, 9.17) is 9.47 Å². The van der Waals surface area contributed by atoms with Gasteiger partial charge in [0.05, 0.1) is 23.5 Å². The van der Waals surface area contributed by atoms with Crippen molar-refractivity contribution in [2.75, 3.05) is 12.4 Å². The van der Waals surface area contributed by atoms with Crippen LogP contribution in [0.15, 0.2) is 59.3 Å². The maximum atomic E-state index is 12.6. The second-order valence-electron chi connectivity index (χ2n) is 6.39. The normalized spacial score (nSPS) is 10.6. The van der Waals surface area contributed by atoms with Crippen LogP contribution in [0.3, 0.4) is 0 Å². The van der Waals surface area contributed by atoms with E-state index in [1.54, 1.807) is 36.6 Å². The zero-order valence-corrected chi connectivity index (χ0v) is 18.0. The number of aromatic nitrogens is 2. The van der Waals surface area contributed by atoms with Gasteiger partial charge in [-0.1, -0.05) is 6.07 Å². The van der Waals surface area contributed by atoms with Gasteiger partial charge in [-0.2, -0.15) is 0 Å². The average molecular weight is 438 g/mol. The van der Waals surface area contributed by atoms with Gasteiger partial charge >= 0.3 is 0 Å². The van der Waals surface area contributed by atoms with Gasteiger partial charge in [-0.15, -0.1) is 22.7 Å². The number of thiazole rings is 2. The van der Waals surface area contributed by atoms with Crippen molar-refractivity contribution in [2.45, 2.75) is 13.5 Å². The number of nitrogens with zero attached hydrogens (tertiary/aromatic N) is 2. The second kappa shape index (κ2) is 9.06. The van der Waals surface area contributed by atoms with Crippen LogP contribution in [0, 0.1) is 6.92 Å². The lowest BCUT2D eigenvalue weighted by Crippen LogP contribution is -2.11. The van der Waals surface area contributed by atoms with Crippen LogP contribution in [0.5, 0.6) is 11.5 Å². The summed E-state index contributed by atoms with van der Waals surface area (Å²) in [6.07, 6.45) is 0. The molecule has 0 fully saturated rings. The average Bonchev–Trinajstić information content (AvgIpc) is 3.41. The highest BCUT2D eigenvalue weighted by Gasteiger charge is 2.11. The largest absolute Gasteiger partial charge is 0.497 e. The molecule has 4 rings (SSSR count). The molecule has 0 aliphatic carbocycles. The first-order valence-corrected chi connectivity index (χ1v) is 10.9. The highest BCUT2D eigenvalue weighted by atomic mass is 32.1. The molecule has 0 bridgehead atoms. The molecular formula is C22H19N3O3S2. The SMILES string of the molecule is COc1ccc(-c2csc(NC(=O)c3cccc(OCc4csc(C)n4)c3)n2)cc1. The summed E-state index contributed by atoms with van der Waals surface area (Å²) in [5, 5.41) is 8.27. The van der Waals surface area contributed by atoms with Gasteiger partial charge in [0.2, 0.25) is 0 Å². The van der Waals surface area contributed by atoms with Crippen LogP contribution < -0.4 is 14.8 Å². The van der Waals surface area contributed by atoms with Crippen molar-refractivity contribution in [3.8, 4) is 22.8 Å². The molecular weight excluding hydrogens is 418 g/mol. The van der Waals surface area contributed by atoms with E-state index in [1.165, 1.54) is 11.3 Å². The first-order valence-electron chi connectivity index (χ1n) is 9.16. The minimum absolute atomic E-state index is 0.236. The fourth-order valence-corrected chi connectivity index (χ4v) is 4.07. The number of benzene rings is 2. The summed E-state index contributed by atoms with van der Waals surface area (Å²) in [5.74, 6) is 1.17. The zero-order valence-electron chi connectivity index (χ0n) is 16.4. The molecule has 0 unspecified atom stereocenters. The molecule has 0 spiro atoms. The topological polar surface area (TPSA) is 73.3 Å². The minimum atomic E-state index is -0.236. The van der Waals surface area contributed by atoms with Gasteiger partial charge in [-0.05, 0) is 49.4 Å². The first-order chi connectivity index (χ1) is 14.6. The Hall–Kier alpha value is -3.23. The lowest BCUT2D eigenvalue weighted by Gasteiger charge is -2.07. The van der Waals surface area contributed by atoms with Crippen molar-refractivity contribution in [1.82, 2.24) is 9.97 Å². The van der Waals surface area contributed by atoms with Crippen molar-refractivity contribution in [3.63, 3.8) is 0 Å². The van der Waals surface area contributed by atoms with Crippen LogP contribution in [-0.4, -0.2) is 23.0 Å². The molecule has 30 heavy (non-hydrogen) atoms. The molecule has 6 nitrogen and oxygen atoms in total. The number of methoxy groups -OCH3 is 1. The Morgan fingerprint density at radius 3 is 2.60 bits per heavy atom. The molecule has 0 aliphatic heterocycles. The summed E-state index contributed by atoms with van der Waals surface area (Å²) in [5.41, 5.74) is 3.14. The van der Waals surface area contributed by atoms with Gasteiger partial charge in [0.25, 0.3) is 5.91 Å². The van der Waals surface area contributed by atoms with E-state index in [0.29, 0.717) is 23.1 Å². The third kappa shape index (κ3) is 4.84. The third-order valence-corrected chi connectivity index (χ3v) is 5.84. The fourth-order valence-electron chi connectivity index (χ4n) is 2.75. The highest BCUT2D eigenvalue weighted by molar-refractivity contribution is 7.14. The summed E-state index contributed by atoms with van der Waals surface area (Å²) in [7, 11) is 1.63. The quantitative estimate of drug-likeness (QED) is 0.418. The standard InChI is InChI=1S/C22H19N3O3S2/c1-14-23-17(12-29-14)11-28-19-5-3-4-16(10-19)21(26)25-22-24-20(13-30-22)15-6-8-18(27-2)9-7-15/h3-10,12-13H,11H2,1-2H3,(H,24,25,26). The molecule has 0 aliphatic rings. The van der Waals surface area contributed by atoms with E-state index in [1.807, 2.05) is 48.0 Å². The van der Waals surface area contributed by atoms with Crippen LogP contribution in [0.4, 0.5) is 5.13 Å². The van der Waals surface area contributed by atoms with E-state index in [2.05, 4.69) is 15.3 Å². The number of aryl methyl sites for hydroxylation is 1. The Balaban J connectivity index is 1.40. The summed E-state index contributed by atoms with van der Waals surface area (Å²) < 4.78 is 10.9. The molecule has 8 heteroatoms. The number of amides is 1. The van der Waals surface area contributed by atoms with Crippen molar-refractivity contribution in [3.05, 3.63) is 75.6 Å². The van der Waals surface area contributed by atoms with Crippen molar-refractivity contribution >= 4 is 33.7 Å². The first kappa shape index (κ1) is 20.1. The second-order valence-corrected chi connectivity index (χ2v) is 8.32. The molecule has 152 valence electrons. The molecule has 0 saturated heterocycles. The van der Waals surface area contributed by atoms with Crippen LogP contribution in [0.1, 0.15) is 21.1 Å². The van der Waals surface area contributed by atoms with Crippen molar-refractivity contribution in [2.24, 2.45) is 0 Å². The number of carbonyl (C=O) groups is 1. The maximum absolute atomic E-state index is 12.6. The summed E-state index contributed by atoms with van der Waals surface area (Å²) in [4.78, 5) is 21.5. The number of nitrogens with one attached hydrogen (secondary N) is 1. The molecule has 1 N–H and O–H groups in total. The fraction of sp³-hybridized carbons (Fsp3) is 0.136. The monoisotopic (exact) mass is 437 g/mol. The van der Waals surface area contributed by atoms with Crippen LogP contribution in [0.2, 0.25) is 0 Å². The number of ether oxygens (including phenoxy) is 2. The van der Waals surface area contributed by atoms with Gasteiger partial charge in [-0.3, -0.25) is 10.1 Å². The number of hydrogen-bond acceptors (Lipinski definition) is 7. The van der Waals surface area contributed by atoms with Crippen LogP contribution in [0.25, 0.3) is 11.3 Å². The summed E-state index contributed by atoms with van der Waals surface area (Å²) in [6, 6.07) is 14.7. The summed E-state index contributed by atoms with van der Waals surface area (Å²) >= 11 is 2.96. The Labute approximate surface area is 182 Å². The zero-order chi connectivity index (χ0) is 20.9. The molecule has 0 saturated carbocycles.